The maximum absolute atomic E-state index is 13.7. The number of alkyl carbamates (subject to hydrolysis) is 2. The summed E-state index contributed by atoms with van der Waals surface area (Å²) in [7, 11) is 2.61. The maximum atomic E-state index is 13.7. The number of amides is 4. The Morgan fingerprint density at radius 2 is 1.18 bits per heavy atom. The monoisotopic (exact) mass is 814 g/mol. The van der Waals surface area contributed by atoms with Crippen molar-refractivity contribution in [1.29, 1.82) is 0 Å². The molecule has 5 aliphatic rings. The van der Waals surface area contributed by atoms with E-state index in [1.54, 1.807) is 0 Å². The van der Waals surface area contributed by atoms with Crippen molar-refractivity contribution in [2.75, 3.05) is 27.3 Å². The molecule has 0 aromatic heterocycles. The second-order valence-electron chi connectivity index (χ2n) is 17.1. The van der Waals surface area contributed by atoms with Crippen LogP contribution in [-0.2, 0) is 31.9 Å². The van der Waals surface area contributed by atoms with E-state index in [9.17, 15) is 19.2 Å². The second kappa shape index (κ2) is 16.9. The molecule has 2 N–H and O–H groups in total. The summed E-state index contributed by atoms with van der Waals surface area (Å²) in [5.41, 5.74) is 10.6. The van der Waals surface area contributed by atoms with Gasteiger partial charge in [-0.3, -0.25) is 19.6 Å². The van der Waals surface area contributed by atoms with Crippen LogP contribution in [0.25, 0.3) is 16.7 Å². The number of allylic oxidation sites excluding steroid dienone is 1. The third kappa shape index (κ3) is 8.01. The van der Waals surface area contributed by atoms with Gasteiger partial charge in [-0.2, -0.15) is 0 Å². The average Bonchev–Trinajstić information content (AvgIpc) is 4.09. The normalized spacial score (nSPS) is 20.0. The van der Waals surface area contributed by atoms with Gasteiger partial charge in [0.25, 0.3) is 0 Å². The molecule has 8 rings (SSSR count). The molecular weight excluding hydrogens is 761 g/mol. The number of carbonyl (C=O) groups excluding carboxylic acids is 4. The first kappa shape index (κ1) is 40.8. The largest absolute Gasteiger partial charge is 0.457 e. The van der Waals surface area contributed by atoms with Gasteiger partial charge in [-0.05, 0) is 113 Å². The lowest BCUT2D eigenvalue weighted by molar-refractivity contribution is -0.134. The molecule has 3 aromatic rings. The molecule has 3 aromatic carbocycles. The molecule has 5 aliphatic heterocycles. The van der Waals surface area contributed by atoms with Crippen LogP contribution < -0.4 is 15.4 Å². The molecule has 0 radical (unpaired) electrons. The highest BCUT2D eigenvalue weighted by Crippen LogP contribution is 2.42. The Bertz CT molecular complexity index is 2310. The Balaban J connectivity index is 0.926. The van der Waals surface area contributed by atoms with E-state index in [2.05, 4.69) is 53.1 Å². The van der Waals surface area contributed by atoms with Gasteiger partial charge in [-0.25, -0.2) is 9.59 Å². The number of ether oxygens (including phenoxy) is 3. The predicted octanol–water partition coefficient (Wildman–Crippen LogP) is 7.61. The van der Waals surface area contributed by atoms with E-state index in [0.29, 0.717) is 32.4 Å². The zero-order valence-electron chi connectivity index (χ0n) is 35.2. The summed E-state index contributed by atoms with van der Waals surface area (Å²) >= 11 is 0. The number of nitrogens with one attached hydrogen (secondary N) is 2. The molecule has 13 heteroatoms. The van der Waals surface area contributed by atoms with Crippen LogP contribution in [0.4, 0.5) is 15.3 Å². The topological polar surface area (TPSA) is 151 Å². The quantitative estimate of drug-likeness (QED) is 0.167. The minimum absolute atomic E-state index is 0.0928. The SMILES string of the molecule is COC(=O)N[C@H](C(=O)N1CCC[C@H]1C1=NC=C(c2ccc3c(c2)Cc2cc(-c4ccc5c(c4)CC([C@@H]4CCCN4C(=O)[C@@H](NC(=O)OC)C(C)C)=N5)ccc2O3)C1)C(C)C. The number of methoxy groups -OCH3 is 2. The Morgan fingerprint density at radius 1 is 0.667 bits per heavy atom. The number of rotatable bonds is 10. The average molecular weight is 815 g/mol. The van der Waals surface area contributed by atoms with Crippen molar-refractivity contribution in [1.82, 2.24) is 20.4 Å². The van der Waals surface area contributed by atoms with Crippen LogP contribution in [0.5, 0.6) is 11.5 Å². The van der Waals surface area contributed by atoms with Crippen molar-refractivity contribution in [3.63, 3.8) is 0 Å². The van der Waals surface area contributed by atoms with Crippen molar-refractivity contribution >= 4 is 46.7 Å². The zero-order valence-corrected chi connectivity index (χ0v) is 35.2. The Morgan fingerprint density at radius 3 is 1.75 bits per heavy atom. The summed E-state index contributed by atoms with van der Waals surface area (Å²) in [5.74, 6) is 1.29. The lowest BCUT2D eigenvalue weighted by atomic mass is 9.92. The third-order valence-corrected chi connectivity index (χ3v) is 12.5. The molecule has 60 heavy (non-hydrogen) atoms. The molecule has 2 fully saturated rings. The molecule has 2 saturated heterocycles. The van der Waals surface area contributed by atoms with Crippen molar-refractivity contribution in [2.24, 2.45) is 21.8 Å². The molecule has 5 heterocycles. The highest BCUT2D eigenvalue weighted by atomic mass is 16.5. The van der Waals surface area contributed by atoms with Gasteiger partial charge >= 0.3 is 12.2 Å². The van der Waals surface area contributed by atoms with Gasteiger partial charge in [0.15, 0.2) is 0 Å². The summed E-state index contributed by atoms with van der Waals surface area (Å²) in [6.45, 7) is 8.94. The van der Waals surface area contributed by atoms with E-state index in [-0.39, 0.29) is 35.7 Å². The lowest BCUT2D eigenvalue weighted by Crippen LogP contribution is -2.53. The number of benzene rings is 3. The summed E-state index contributed by atoms with van der Waals surface area (Å²) in [5, 5.41) is 5.46. The van der Waals surface area contributed by atoms with E-state index >= 15 is 0 Å². The van der Waals surface area contributed by atoms with Gasteiger partial charge in [0.05, 0.1) is 32.0 Å². The molecule has 0 aliphatic carbocycles. The van der Waals surface area contributed by atoms with Crippen molar-refractivity contribution in [3.8, 4) is 22.6 Å². The van der Waals surface area contributed by atoms with Crippen LogP contribution in [-0.4, -0.2) is 96.7 Å². The van der Waals surface area contributed by atoms with Crippen LogP contribution in [0.3, 0.4) is 0 Å². The standard InChI is InChI=1S/C47H54N6O7/c1-26(2)42(50-46(56)58-5)44(54)52-17-7-9-38(52)36-24-34(25-48-36)30-13-16-41-33(21-30)22-32-20-29(12-15-40(32)60-41)28-11-14-35-31(19-28)23-37(49-35)39-10-8-18-53(39)45(55)43(27(3)4)51-47(57)59-6/h11-16,19-21,25-27,38-39,42-43H,7-10,17-18,22-24H2,1-6H3,(H,50,56)(H,51,57)/t38-,39-,42-,43-/m0/s1. The van der Waals surface area contributed by atoms with Gasteiger partial charge in [0.1, 0.15) is 23.6 Å². The molecular formula is C47H54N6O7. The number of carbonyl (C=O) groups is 4. The number of aliphatic imine (C=N–C) groups is 2. The fourth-order valence-electron chi connectivity index (χ4n) is 9.27. The number of nitrogens with zero attached hydrogens (tertiary/aromatic N) is 4. The fourth-order valence-corrected chi connectivity index (χ4v) is 9.27. The van der Waals surface area contributed by atoms with Gasteiger partial charge < -0.3 is 34.6 Å². The Kier molecular flexibility index (Phi) is 11.5. The predicted molar refractivity (Wildman–Crippen MR) is 230 cm³/mol. The fraction of sp³-hybridized carbons (Fsp3) is 0.447. The number of fused-ring (bicyclic) bond motifs is 3. The number of likely N-dealkylation sites (tertiary alicyclic amines) is 2. The van der Waals surface area contributed by atoms with E-state index in [4.69, 9.17) is 24.2 Å². The summed E-state index contributed by atoms with van der Waals surface area (Å²) in [6, 6.07) is 17.5. The molecule has 4 amide bonds. The smallest absolute Gasteiger partial charge is 0.407 e. The first-order valence-electron chi connectivity index (χ1n) is 21.1. The lowest BCUT2D eigenvalue weighted by Gasteiger charge is -2.31. The molecule has 13 nitrogen and oxygen atoms in total. The van der Waals surface area contributed by atoms with Gasteiger partial charge in [0.2, 0.25) is 11.8 Å². The van der Waals surface area contributed by atoms with Crippen LogP contribution in [0.15, 0.2) is 70.8 Å². The first-order valence-corrected chi connectivity index (χ1v) is 21.1. The molecule has 0 bridgehead atoms. The van der Waals surface area contributed by atoms with Crippen LogP contribution in [0.1, 0.15) is 82.1 Å². The Hall–Kier alpha value is -5.98. The van der Waals surface area contributed by atoms with Crippen LogP contribution >= 0.6 is 0 Å². The summed E-state index contributed by atoms with van der Waals surface area (Å²) < 4.78 is 16.0. The summed E-state index contributed by atoms with van der Waals surface area (Å²) in [4.78, 5) is 65.1. The van der Waals surface area contributed by atoms with Crippen LogP contribution in [0, 0.1) is 11.8 Å². The van der Waals surface area contributed by atoms with E-state index < -0.39 is 24.3 Å². The summed E-state index contributed by atoms with van der Waals surface area (Å²) in [6.07, 6.45) is 6.17. The minimum Gasteiger partial charge on any atom is -0.457 e. The van der Waals surface area contributed by atoms with Gasteiger partial charge in [0, 0.05) is 50.0 Å². The van der Waals surface area contributed by atoms with Crippen LogP contribution in [0.2, 0.25) is 0 Å². The molecule has 314 valence electrons. The van der Waals surface area contributed by atoms with Gasteiger partial charge in [-0.15, -0.1) is 0 Å². The molecule has 4 atom stereocenters. The molecule has 0 spiro atoms. The third-order valence-electron chi connectivity index (χ3n) is 12.5. The minimum atomic E-state index is -0.671. The highest BCUT2D eigenvalue weighted by molar-refractivity contribution is 6.04. The zero-order chi connectivity index (χ0) is 42.2. The van der Waals surface area contributed by atoms with E-state index in [1.807, 2.05) is 55.8 Å². The van der Waals surface area contributed by atoms with Crippen molar-refractivity contribution < 1.29 is 33.4 Å². The van der Waals surface area contributed by atoms with E-state index in [1.165, 1.54) is 14.2 Å². The van der Waals surface area contributed by atoms with Crippen molar-refractivity contribution in [2.45, 2.75) is 96.8 Å². The highest BCUT2D eigenvalue weighted by Gasteiger charge is 2.40. The number of hydrogen-bond donors (Lipinski definition) is 2. The van der Waals surface area contributed by atoms with Gasteiger partial charge in [-0.1, -0.05) is 45.9 Å². The molecule has 0 saturated carbocycles. The number of hydrogen-bond acceptors (Lipinski definition) is 9. The van der Waals surface area contributed by atoms with E-state index in [0.717, 1.165) is 93.2 Å². The first-order chi connectivity index (χ1) is 28.9. The maximum Gasteiger partial charge on any atom is 0.407 e. The second-order valence-corrected chi connectivity index (χ2v) is 17.1. The Labute approximate surface area is 351 Å². The molecule has 0 unspecified atom stereocenters. The van der Waals surface area contributed by atoms with Crippen molar-refractivity contribution in [3.05, 3.63) is 83.1 Å².